The Labute approximate surface area is 125 Å². The number of rotatable bonds is 5. The van der Waals surface area contributed by atoms with Gasteiger partial charge in [-0.15, -0.1) is 0 Å². The number of nitrogens with zero attached hydrogens (tertiary/aromatic N) is 1. The van der Waals surface area contributed by atoms with Crippen molar-refractivity contribution >= 4 is 15.9 Å². The number of likely N-dealkylation sites (N-methyl/N-ethyl adjacent to an activating group) is 1. The summed E-state index contributed by atoms with van der Waals surface area (Å²) >= 11 is 0. The molecule has 1 amide bonds. The monoisotopic (exact) mass is 311 g/mol. The zero-order chi connectivity index (χ0) is 15.6. The van der Waals surface area contributed by atoms with Gasteiger partial charge in [0.1, 0.15) is 6.04 Å². The number of hydrogen-bond acceptors (Lipinski definition) is 4. The van der Waals surface area contributed by atoms with E-state index in [0.717, 1.165) is 5.56 Å². The molecule has 7 heteroatoms. The van der Waals surface area contributed by atoms with Crippen LogP contribution in [0.5, 0.6) is 0 Å². The SMILES string of the molecule is CNC(C)c1ccc(S(=O)(=O)NC2CCN(C)C2=O)cc1. The molecule has 0 saturated carbocycles. The molecule has 116 valence electrons. The highest BCUT2D eigenvalue weighted by Gasteiger charge is 2.32. The van der Waals surface area contributed by atoms with Crippen molar-refractivity contribution in [2.75, 3.05) is 20.6 Å². The molecule has 2 N–H and O–H groups in total. The maximum Gasteiger partial charge on any atom is 0.241 e. The molecule has 1 aromatic carbocycles. The second-order valence-electron chi connectivity index (χ2n) is 5.30. The molecule has 2 atom stereocenters. The lowest BCUT2D eigenvalue weighted by Gasteiger charge is -2.14. The summed E-state index contributed by atoms with van der Waals surface area (Å²) < 4.78 is 27.1. The van der Waals surface area contributed by atoms with E-state index >= 15 is 0 Å². The van der Waals surface area contributed by atoms with Crippen molar-refractivity contribution in [1.29, 1.82) is 0 Å². The number of hydrogen-bond donors (Lipinski definition) is 2. The topological polar surface area (TPSA) is 78.5 Å². The Morgan fingerprint density at radius 3 is 2.38 bits per heavy atom. The molecule has 2 unspecified atom stereocenters. The van der Waals surface area contributed by atoms with Gasteiger partial charge in [-0.05, 0) is 38.1 Å². The molecule has 0 radical (unpaired) electrons. The van der Waals surface area contributed by atoms with Gasteiger partial charge in [0, 0.05) is 19.6 Å². The van der Waals surface area contributed by atoms with Crippen molar-refractivity contribution in [3.8, 4) is 0 Å². The van der Waals surface area contributed by atoms with E-state index in [0.29, 0.717) is 13.0 Å². The maximum atomic E-state index is 12.3. The molecule has 2 rings (SSSR count). The molecule has 1 saturated heterocycles. The van der Waals surface area contributed by atoms with Gasteiger partial charge >= 0.3 is 0 Å². The number of amides is 1. The number of likely N-dealkylation sites (tertiary alicyclic amines) is 1. The van der Waals surface area contributed by atoms with Gasteiger partial charge < -0.3 is 10.2 Å². The molecule has 0 aliphatic carbocycles. The summed E-state index contributed by atoms with van der Waals surface area (Å²) in [4.78, 5) is 13.5. The number of sulfonamides is 1. The Morgan fingerprint density at radius 1 is 1.29 bits per heavy atom. The molecule has 0 aromatic heterocycles. The lowest BCUT2D eigenvalue weighted by Crippen LogP contribution is -2.40. The third kappa shape index (κ3) is 3.42. The van der Waals surface area contributed by atoms with E-state index in [1.807, 2.05) is 14.0 Å². The molecule has 0 bridgehead atoms. The number of benzene rings is 1. The highest BCUT2D eigenvalue weighted by Crippen LogP contribution is 2.17. The summed E-state index contributed by atoms with van der Waals surface area (Å²) in [6.07, 6.45) is 0.503. The smallest absolute Gasteiger partial charge is 0.241 e. The van der Waals surface area contributed by atoms with Crippen LogP contribution in [0.4, 0.5) is 0 Å². The Hall–Kier alpha value is -1.44. The Balaban J connectivity index is 2.14. The molecule has 1 aliphatic heterocycles. The van der Waals surface area contributed by atoms with E-state index < -0.39 is 16.1 Å². The van der Waals surface area contributed by atoms with Crippen LogP contribution in [0.15, 0.2) is 29.2 Å². The van der Waals surface area contributed by atoms with Crippen molar-refractivity contribution in [1.82, 2.24) is 14.9 Å². The fourth-order valence-electron chi connectivity index (χ4n) is 2.29. The first-order valence-electron chi connectivity index (χ1n) is 6.89. The number of carbonyl (C=O) groups is 1. The third-order valence-electron chi connectivity index (χ3n) is 3.85. The van der Waals surface area contributed by atoms with E-state index in [-0.39, 0.29) is 16.8 Å². The van der Waals surface area contributed by atoms with Crippen molar-refractivity contribution in [3.05, 3.63) is 29.8 Å². The van der Waals surface area contributed by atoms with Crippen LogP contribution >= 0.6 is 0 Å². The second-order valence-corrected chi connectivity index (χ2v) is 7.02. The quantitative estimate of drug-likeness (QED) is 0.829. The standard InChI is InChI=1S/C14H21N3O3S/c1-10(15-2)11-4-6-12(7-5-11)21(19,20)16-13-8-9-17(3)14(13)18/h4-7,10,13,15-16H,8-9H2,1-3H3. The minimum atomic E-state index is -3.67. The van der Waals surface area contributed by atoms with Crippen LogP contribution in [0.25, 0.3) is 0 Å². The van der Waals surface area contributed by atoms with Gasteiger partial charge in [-0.1, -0.05) is 12.1 Å². The lowest BCUT2D eigenvalue weighted by molar-refractivity contribution is -0.127. The van der Waals surface area contributed by atoms with Gasteiger partial charge in [-0.2, -0.15) is 4.72 Å². The fourth-order valence-corrected chi connectivity index (χ4v) is 3.51. The van der Waals surface area contributed by atoms with E-state index in [1.54, 1.807) is 31.3 Å². The predicted molar refractivity (Wildman–Crippen MR) is 80.3 cm³/mol. The van der Waals surface area contributed by atoms with Crippen LogP contribution in [-0.2, 0) is 14.8 Å². The lowest BCUT2D eigenvalue weighted by atomic mass is 10.1. The minimum absolute atomic E-state index is 0.153. The molecule has 0 spiro atoms. The van der Waals surface area contributed by atoms with E-state index in [2.05, 4.69) is 10.0 Å². The highest BCUT2D eigenvalue weighted by atomic mass is 32.2. The van der Waals surface area contributed by atoms with Gasteiger partial charge in [-0.3, -0.25) is 4.79 Å². The largest absolute Gasteiger partial charge is 0.344 e. The summed E-state index contributed by atoms with van der Waals surface area (Å²) in [5, 5.41) is 3.09. The van der Waals surface area contributed by atoms with Crippen LogP contribution in [0.3, 0.4) is 0 Å². The minimum Gasteiger partial charge on any atom is -0.344 e. The molecule has 21 heavy (non-hydrogen) atoms. The summed E-state index contributed by atoms with van der Waals surface area (Å²) in [6, 6.07) is 6.18. The number of nitrogens with one attached hydrogen (secondary N) is 2. The third-order valence-corrected chi connectivity index (χ3v) is 5.34. The molecule has 1 aliphatic rings. The zero-order valence-electron chi connectivity index (χ0n) is 12.5. The normalized spacial score (nSPS) is 20.8. The Morgan fingerprint density at radius 2 is 1.90 bits per heavy atom. The molecule has 1 aromatic rings. The van der Waals surface area contributed by atoms with Gasteiger partial charge in [-0.25, -0.2) is 8.42 Å². The Bertz CT molecular complexity index is 613. The molecule has 1 heterocycles. The average Bonchev–Trinajstić information content (AvgIpc) is 2.78. The van der Waals surface area contributed by atoms with E-state index in [9.17, 15) is 13.2 Å². The van der Waals surface area contributed by atoms with Crippen molar-refractivity contribution in [2.45, 2.75) is 30.3 Å². The van der Waals surface area contributed by atoms with Crippen LogP contribution in [0.2, 0.25) is 0 Å². The summed E-state index contributed by atoms with van der Waals surface area (Å²) in [6.45, 7) is 2.57. The van der Waals surface area contributed by atoms with Gasteiger partial charge in [0.15, 0.2) is 0 Å². The fraction of sp³-hybridized carbons (Fsp3) is 0.500. The summed E-state index contributed by atoms with van der Waals surface area (Å²) in [5.74, 6) is -0.181. The number of carbonyl (C=O) groups excluding carboxylic acids is 1. The summed E-state index contributed by atoms with van der Waals surface area (Å²) in [5.41, 5.74) is 1.01. The first kappa shape index (κ1) is 15.9. The van der Waals surface area contributed by atoms with Gasteiger partial charge in [0.25, 0.3) is 0 Å². The zero-order valence-corrected chi connectivity index (χ0v) is 13.3. The highest BCUT2D eigenvalue weighted by molar-refractivity contribution is 7.89. The predicted octanol–water partition coefficient (Wildman–Crippen LogP) is 0.476. The molecule has 6 nitrogen and oxygen atoms in total. The molecular formula is C14H21N3O3S. The van der Waals surface area contributed by atoms with Gasteiger partial charge in [0.2, 0.25) is 15.9 Å². The van der Waals surface area contributed by atoms with Crippen molar-refractivity contribution in [2.24, 2.45) is 0 Å². The van der Waals surface area contributed by atoms with E-state index in [1.165, 1.54) is 4.90 Å². The van der Waals surface area contributed by atoms with Crippen molar-refractivity contribution in [3.63, 3.8) is 0 Å². The first-order chi connectivity index (χ1) is 9.85. The van der Waals surface area contributed by atoms with Crippen LogP contribution in [0.1, 0.15) is 24.9 Å². The van der Waals surface area contributed by atoms with E-state index in [4.69, 9.17) is 0 Å². The summed E-state index contributed by atoms with van der Waals surface area (Å²) in [7, 11) is -0.150. The first-order valence-corrected chi connectivity index (χ1v) is 8.38. The average molecular weight is 311 g/mol. The molecular weight excluding hydrogens is 290 g/mol. The van der Waals surface area contributed by atoms with Gasteiger partial charge in [0.05, 0.1) is 4.90 Å². The molecule has 1 fully saturated rings. The maximum absolute atomic E-state index is 12.3. The van der Waals surface area contributed by atoms with Crippen LogP contribution in [-0.4, -0.2) is 45.9 Å². The van der Waals surface area contributed by atoms with Crippen LogP contribution in [0, 0.1) is 0 Å². The van der Waals surface area contributed by atoms with Crippen LogP contribution < -0.4 is 10.0 Å². The second kappa shape index (κ2) is 6.13. The Kier molecular flexibility index (Phi) is 4.65. The van der Waals surface area contributed by atoms with Crippen molar-refractivity contribution < 1.29 is 13.2 Å².